The van der Waals surface area contributed by atoms with Gasteiger partial charge in [0, 0.05) is 32.0 Å². The smallest absolute Gasteiger partial charge is 0.404 e. The Hall–Kier alpha value is -1.86. The van der Waals surface area contributed by atoms with E-state index in [9.17, 15) is 15.0 Å². The number of hydrogen-bond acceptors (Lipinski definition) is 6. The average molecular weight is 422 g/mol. The highest BCUT2D eigenvalue weighted by molar-refractivity contribution is 6.94. The quantitative estimate of drug-likeness (QED) is 0.505. The van der Waals surface area contributed by atoms with E-state index in [0.29, 0.717) is 10.9 Å². The van der Waals surface area contributed by atoms with Crippen LogP contribution in [0.2, 0.25) is 0 Å². The Labute approximate surface area is 167 Å². The Morgan fingerprint density at radius 2 is 1.43 bits per heavy atom. The highest BCUT2D eigenvalue weighted by Gasteiger charge is 2.51. The van der Waals surface area contributed by atoms with Crippen LogP contribution in [-0.4, -0.2) is 59.9 Å². The lowest BCUT2D eigenvalue weighted by atomic mass is 10.2. The number of nitrogens with one attached hydrogen (secondary N) is 1. The predicted molar refractivity (Wildman–Crippen MR) is 112 cm³/mol. The number of hydrogen-bond donors (Lipinski definition) is 3. The van der Waals surface area contributed by atoms with Gasteiger partial charge in [0.05, 0.1) is 12.5 Å². The SMILES string of the molecule is CO[Si](OC)(O[Si](CO)(CO)c1ccc(C)cc1)c1ccc(NC(C)=O)cc1. The molecule has 0 bridgehead atoms. The minimum absolute atomic E-state index is 0.169. The van der Waals surface area contributed by atoms with Gasteiger partial charge in [0.2, 0.25) is 5.91 Å². The van der Waals surface area contributed by atoms with Crippen molar-refractivity contribution in [2.24, 2.45) is 0 Å². The van der Waals surface area contributed by atoms with E-state index in [1.54, 1.807) is 24.3 Å². The summed E-state index contributed by atoms with van der Waals surface area (Å²) in [5.74, 6) is -0.169. The Kier molecular flexibility index (Phi) is 7.66. The maximum atomic E-state index is 11.2. The highest BCUT2D eigenvalue weighted by Crippen LogP contribution is 2.18. The van der Waals surface area contributed by atoms with Gasteiger partial charge in [-0.2, -0.15) is 0 Å². The topological polar surface area (TPSA) is 97.2 Å². The van der Waals surface area contributed by atoms with Crippen molar-refractivity contribution in [3.8, 4) is 0 Å². The summed E-state index contributed by atoms with van der Waals surface area (Å²) in [6.07, 6.45) is -0.643. The largest absolute Gasteiger partial charge is 0.526 e. The number of benzene rings is 2. The highest BCUT2D eigenvalue weighted by atomic mass is 28.5. The number of carbonyl (C=O) groups is 1. The summed E-state index contributed by atoms with van der Waals surface area (Å²) in [6.45, 7) is 3.40. The lowest BCUT2D eigenvalue weighted by Crippen LogP contribution is -2.69. The number of aliphatic hydroxyl groups is 2. The predicted octanol–water partition coefficient (Wildman–Crippen LogP) is 0.324. The van der Waals surface area contributed by atoms with Gasteiger partial charge < -0.3 is 28.5 Å². The number of carbonyl (C=O) groups excluding carboxylic acids is 1. The zero-order chi connectivity index (χ0) is 20.8. The zero-order valence-corrected chi connectivity index (χ0v) is 18.6. The van der Waals surface area contributed by atoms with E-state index in [4.69, 9.17) is 13.0 Å². The molecule has 9 heteroatoms. The van der Waals surface area contributed by atoms with Crippen molar-refractivity contribution >= 4 is 39.1 Å². The second-order valence-electron chi connectivity index (χ2n) is 6.50. The van der Waals surface area contributed by atoms with E-state index < -0.39 is 17.1 Å². The molecule has 0 saturated carbocycles. The normalized spacial score (nSPS) is 12.1. The molecule has 0 spiro atoms. The molecule has 7 nitrogen and oxygen atoms in total. The van der Waals surface area contributed by atoms with Gasteiger partial charge in [-0.1, -0.05) is 42.0 Å². The van der Waals surface area contributed by atoms with Gasteiger partial charge >= 0.3 is 8.80 Å². The van der Waals surface area contributed by atoms with Crippen molar-refractivity contribution in [3.63, 3.8) is 0 Å². The Balaban J connectivity index is 2.44. The third-order valence-electron chi connectivity index (χ3n) is 4.51. The number of aryl methyl sites for hydroxylation is 1. The van der Waals surface area contributed by atoms with Crippen LogP contribution in [-0.2, 0) is 17.8 Å². The molecule has 3 N–H and O–H groups in total. The fourth-order valence-corrected chi connectivity index (χ4v) is 9.53. The van der Waals surface area contributed by atoms with Gasteiger partial charge in [0.15, 0.2) is 0 Å². The monoisotopic (exact) mass is 421 g/mol. The Bertz CT molecular complexity index is 774. The molecule has 2 aromatic rings. The van der Waals surface area contributed by atoms with E-state index in [0.717, 1.165) is 10.8 Å². The van der Waals surface area contributed by atoms with Crippen LogP contribution in [0.1, 0.15) is 12.5 Å². The van der Waals surface area contributed by atoms with E-state index in [1.807, 2.05) is 31.2 Å². The van der Waals surface area contributed by atoms with Crippen molar-refractivity contribution < 1.29 is 28.0 Å². The van der Waals surface area contributed by atoms with Crippen LogP contribution in [0.25, 0.3) is 0 Å². The molecule has 0 saturated heterocycles. The number of aliphatic hydroxyl groups excluding tert-OH is 2. The van der Waals surface area contributed by atoms with E-state index in [-0.39, 0.29) is 18.4 Å². The van der Waals surface area contributed by atoms with Gasteiger partial charge in [-0.05, 0) is 24.2 Å². The third-order valence-corrected chi connectivity index (χ3v) is 11.7. The lowest BCUT2D eigenvalue weighted by Gasteiger charge is -2.37. The minimum Gasteiger partial charge on any atom is -0.404 e. The van der Waals surface area contributed by atoms with Crippen LogP contribution in [0.5, 0.6) is 0 Å². The Morgan fingerprint density at radius 3 is 1.86 bits per heavy atom. The average Bonchev–Trinajstić information content (AvgIpc) is 2.71. The van der Waals surface area contributed by atoms with Crippen molar-refractivity contribution in [3.05, 3.63) is 54.1 Å². The molecule has 0 aromatic heterocycles. The first kappa shape index (κ1) is 22.4. The van der Waals surface area contributed by atoms with Crippen molar-refractivity contribution in [1.82, 2.24) is 0 Å². The van der Waals surface area contributed by atoms with Crippen LogP contribution < -0.4 is 15.7 Å². The summed E-state index contributed by atoms with van der Waals surface area (Å²) in [6, 6.07) is 14.5. The Morgan fingerprint density at radius 1 is 0.929 bits per heavy atom. The molecule has 2 rings (SSSR count). The van der Waals surface area contributed by atoms with E-state index in [2.05, 4.69) is 5.32 Å². The lowest BCUT2D eigenvalue weighted by molar-refractivity contribution is -0.114. The van der Waals surface area contributed by atoms with Crippen molar-refractivity contribution in [2.45, 2.75) is 13.8 Å². The molecule has 0 aliphatic rings. The summed E-state index contributed by atoms with van der Waals surface area (Å²) >= 11 is 0. The molecule has 0 heterocycles. The zero-order valence-electron chi connectivity index (χ0n) is 16.6. The van der Waals surface area contributed by atoms with Gasteiger partial charge in [-0.25, -0.2) is 0 Å². The van der Waals surface area contributed by atoms with Gasteiger partial charge in [-0.15, -0.1) is 0 Å². The molecule has 0 fully saturated rings. The standard InChI is InChI=1S/C19H27NO6Si2/c1-15-5-9-18(10-6-15)27(13-21,14-22)26-28(24-3,25-4)19-11-7-17(8-12-19)20-16(2)23/h5-12,21-22H,13-14H2,1-4H3,(H,20,23). The van der Waals surface area contributed by atoms with Crippen LogP contribution in [0, 0.1) is 6.92 Å². The second kappa shape index (κ2) is 9.57. The van der Waals surface area contributed by atoms with Crippen LogP contribution >= 0.6 is 0 Å². The number of amides is 1. The van der Waals surface area contributed by atoms with Crippen LogP contribution in [0.15, 0.2) is 48.5 Å². The molecular weight excluding hydrogens is 394 g/mol. The molecular formula is C19H27NO6Si2. The molecule has 0 aliphatic heterocycles. The first-order valence-corrected chi connectivity index (χ1v) is 12.9. The summed E-state index contributed by atoms with van der Waals surface area (Å²) in [7, 11) is -3.64. The first-order chi connectivity index (χ1) is 13.3. The second-order valence-corrected chi connectivity index (χ2v) is 13.0. The first-order valence-electron chi connectivity index (χ1n) is 8.82. The molecule has 0 atom stereocenters. The molecule has 0 unspecified atom stereocenters. The molecule has 0 aliphatic carbocycles. The molecule has 1 amide bonds. The van der Waals surface area contributed by atoms with Crippen LogP contribution in [0.3, 0.4) is 0 Å². The molecule has 0 radical (unpaired) electrons. The summed E-state index contributed by atoms with van der Waals surface area (Å²) in [4.78, 5) is 11.2. The summed E-state index contributed by atoms with van der Waals surface area (Å²) < 4.78 is 17.8. The number of anilines is 1. The van der Waals surface area contributed by atoms with Crippen LogP contribution in [0.4, 0.5) is 5.69 Å². The van der Waals surface area contributed by atoms with E-state index >= 15 is 0 Å². The molecule has 152 valence electrons. The summed E-state index contributed by atoms with van der Waals surface area (Å²) in [5, 5.41) is 24.5. The van der Waals surface area contributed by atoms with E-state index in [1.165, 1.54) is 21.1 Å². The van der Waals surface area contributed by atoms with Gasteiger partial charge in [-0.3, -0.25) is 4.79 Å². The van der Waals surface area contributed by atoms with Crippen molar-refractivity contribution in [1.29, 1.82) is 0 Å². The third kappa shape index (κ3) is 4.76. The maximum Gasteiger partial charge on any atom is 0.526 e. The van der Waals surface area contributed by atoms with Gasteiger partial charge in [0.25, 0.3) is 8.32 Å². The fraction of sp³-hybridized carbons (Fsp3) is 0.316. The number of rotatable bonds is 9. The maximum absolute atomic E-state index is 11.2. The molecule has 2 aromatic carbocycles. The van der Waals surface area contributed by atoms with Crippen molar-refractivity contribution in [2.75, 3.05) is 32.0 Å². The molecule has 28 heavy (non-hydrogen) atoms. The summed E-state index contributed by atoms with van der Waals surface area (Å²) in [5.41, 5.74) is 1.70. The fourth-order valence-electron chi connectivity index (χ4n) is 2.89. The van der Waals surface area contributed by atoms with Gasteiger partial charge in [0.1, 0.15) is 0 Å². The minimum atomic E-state index is -3.43.